The zero-order valence-corrected chi connectivity index (χ0v) is 15.0. The van der Waals surface area contributed by atoms with Gasteiger partial charge in [-0.15, -0.1) is 5.10 Å². The number of methoxy groups -OCH3 is 1. The Balaban J connectivity index is 1.98. The van der Waals surface area contributed by atoms with Gasteiger partial charge in [-0.1, -0.05) is 17.8 Å². The van der Waals surface area contributed by atoms with Gasteiger partial charge in [0.2, 0.25) is 11.1 Å². The van der Waals surface area contributed by atoms with E-state index in [1.165, 1.54) is 17.1 Å². The average molecular weight is 404 g/mol. The summed E-state index contributed by atoms with van der Waals surface area (Å²) in [6.07, 6.45) is -4.57. The Hall–Kier alpha value is -2.83. The summed E-state index contributed by atoms with van der Waals surface area (Å²) in [6.45, 7) is 0.331. The number of aryl methyl sites for hydroxylation is 1. The van der Waals surface area contributed by atoms with Gasteiger partial charge in [-0.2, -0.15) is 17.9 Å². The van der Waals surface area contributed by atoms with Crippen LogP contribution in [0.4, 0.5) is 18.0 Å². The van der Waals surface area contributed by atoms with Crippen LogP contribution in [0.1, 0.15) is 5.56 Å². The number of halogens is 3. The van der Waals surface area contributed by atoms with E-state index in [-0.39, 0.29) is 10.9 Å². The van der Waals surface area contributed by atoms with E-state index in [1.807, 2.05) is 13.0 Å². The normalized spacial score (nSPS) is 11.1. The third kappa shape index (κ3) is 6.13. The molecule has 27 heavy (non-hydrogen) atoms. The number of aromatic nitrogens is 4. The molecule has 1 heterocycles. The largest absolute Gasteiger partial charge is 0.494 e. The molecular formula is C14H15F3N6O3S. The molecule has 0 aliphatic rings. The van der Waals surface area contributed by atoms with Crippen molar-refractivity contribution in [2.24, 2.45) is 0 Å². The summed E-state index contributed by atoms with van der Waals surface area (Å²) < 4.78 is 42.7. The molecule has 146 valence electrons. The monoisotopic (exact) mass is 404 g/mol. The third-order valence-electron chi connectivity index (χ3n) is 3.04. The lowest BCUT2D eigenvalue weighted by Crippen LogP contribution is -2.43. The molecule has 0 radical (unpaired) electrons. The minimum Gasteiger partial charge on any atom is -0.494 e. The van der Waals surface area contributed by atoms with Gasteiger partial charge in [0.15, 0.2) is 0 Å². The number of benzene rings is 1. The molecule has 2 rings (SSSR count). The summed E-state index contributed by atoms with van der Waals surface area (Å²) in [5, 5.41) is 14.8. The van der Waals surface area contributed by atoms with Crippen molar-refractivity contribution in [3.05, 3.63) is 23.8 Å². The number of thioether (sulfide) groups is 1. The highest BCUT2D eigenvalue weighted by molar-refractivity contribution is 7.99. The molecule has 2 N–H and O–H groups in total. The summed E-state index contributed by atoms with van der Waals surface area (Å²) >= 11 is 0.904. The van der Waals surface area contributed by atoms with Crippen molar-refractivity contribution >= 4 is 23.7 Å². The Morgan fingerprint density at radius 1 is 1.33 bits per heavy atom. The van der Waals surface area contributed by atoms with Gasteiger partial charge in [-0.25, -0.2) is 4.79 Å². The van der Waals surface area contributed by atoms with Crippen LogP contribution in [0.3, 0.4) is 0 Å². The topological polar surface area (TPSA) is 111 Å². The van der Waals surface area contributed by atoms with E-state index in [0.29, 0.717) is 11.4 Å². The molecule has 13 heteroatoms. The van der Waals surface area contributed by atoms with Crippen molar-refractivity contribution in [1.29, 1.82) is 0 Å². The predicted molar refractivity (Wildman–Crippen MR) is 88.8 cm³/mol. The molecule has 9 nitrogen and oxygen atoms in total. The zero-order chi connectivity index (χ0) is 20.0. The number of alkyl halides is 3. The van der Waals surface area contributed by atoms with Gasteiger partial charge in [-0.3, -0.25) is 10.1 Å². The molecular weight excluding hydrogens is 389 g/mol. The molecule has 0 atom stereocenters. The predicted octanol–water partition coefficient (Wildman–Crippen LogP) is 1.46. The van der Waals surface area contributed by atoms with E-state index in [4.69, 9.17) is 4.74 Å². The van der Waals surface area contributed by atoms with Crippen molar-refractivity contribution in [2.75, 3.05) is 19.4 Å². The first-order valence-corrected chi connectivity index (χ1v) is 8.39. The van der Waals surface area contributed by atoms with Gasteiger partial charge in [0.25, 0.3) is 0 Å². The summed E-state index contributed by atoms with van der Waals surface area (Å²) in [6, 6.07) is 4.12. The van der Waals surface area contributed by atoms with Crippen LogP contribution in [0, 0.1) is 6.92 Å². The Kier molecular flexibility index (Phi) is 6.60. The molecule has 0 aliphatic heterocycles. The number of nitrogens with one attached hydrogen (secondary N) is 2. The maximum Gasteiger partial charge on any atom is 0.405 e. The van der Waals surface area contributed by atoms with E-state index in [1.54, 1.807) is 17.4 Å². The number of ether oxygens (including phenoxy) is 1. The van der Waals surface area contributed by atoms with Gasteiger partial charge < -0.3 is 10.1 Å². The fraction of sp³-hybridized carbons (Fsp3) is 0.357. The van der Waals surface area contributed by atoms with Gasteiger partial charge in [-0.05, 0) is 35.0 Å². The zero-order valence-electron chi connectivity index (χ0n) is 14.2. The van der Waals surface area contributed by atoms with Crippen LogP contribution in [-0.4, -0.2) is 57.7 Å². The van der Waals surface area contributed by atoms with Gasteiger partial charge in [0.1, 0.15) is 18.0 Å². The Labute approximate surface area is 155 Å². The van der Waals surface area contributed by atoms with Crippen molar-refractivity contribution < 1.29 is 27.5 Å². The van der Waals surface area contributed by atoms with Crippen molar-refractivity contribution in [3.8, 4) is 11.4 Å². The number of imide groups is 1. The minimum absolute atomic E-state index is 0.241. The van der Waals surface area contributed by atoms with E-state index >= 15 is 0 Å². The first-order chi connectivity index (χ1) is 12.7. The molecule has 1 aromatic heterocycles. The van der Waals surface area contributed by atoms with E-state index in [2.05, 4.69) is 15.5 Å². The van der Waals surface area contributed by atoms with Gasteiger partial charge in [0.05, 0.1) is 12.9 Å². The second-order valence-electron chi connectivity index (χ2n) is 5.18. The van der Waals surface area contributed by atoms with E-state index < -0.39 is 24.7 Å². The number of hydrogen-bond donors (Lipinski definition) is 2. The third-order valence-corrected chi connectivity index (χ3v) is 3.96. The van der Waals surface area contributed by atoms with Crippen LogP contribution in [0.25, 0.3) is 5.69 Å². The van der Waals surface area contributed by atoms with Gasteiger partial charge in [0, 0.05) is 0 Å². The number of hydrogen-bond acceptors (Lipinski definition) is 7. The quantitative estimate of drug-likeness (QED) is 0.701. The van der Waals surface area contributed by atoms with Crippen LogP contribution in [0.5, 0.6) is 5.75 Å². The maximum absolute atomic E-state index is 12.0. The molecule has 3 amide bonds. The lowest BCUT2D eigenvalue weighted by molar-refractivity contribution is -0.124. The summed E-state index contributed by atoms with van der Waals surface area (Å²) in [4.78, 5) is 23.0. The number of tetrazole rings is 1. The Morgan fingerprint density at radius 2 is 2.07 bits per heavy atom. The standard InChI is InChI=1S/C14H15F3N6O3S/c1-8-3-4-10(26-2)9(5-8)23-13(20-21-22-23)27-6-11(24)19-12(25)18-7-14(15,16)17/h3-5H,6-7H2,1-2H3,(H2,18,19,24,25). The number of rotatable bonds is 6. The van der Waals surface area contributed by atoms with Crippen LogP contribution >= 0.6 is 11.8 Å². The second-order valence-corrected chi connectivity index (χ2v) is 6.13. The number of urea groups is 1. The van der Waals surface area contributed by atoms with Crippen molar-refractivity contribution in [2.45, 2.75) is 18.3 Å². The number of nitrogens with zero attached hydrogens (tertiary/aromatic N) is 4. The first kappa shape index (κ1) is 20.5. The molecule has 0 bridgehead atoms. The Bertz CT molecular complexity index is 827. The maximum atomic E-state index is 12.0. The SMILES string of the molecule is COc1ccc(C)cc1-n1nnnc1SCC(=O)NC(=O)NCC(F)(F)F. The molecule has 1 aromatic carbocycles. The highest BCUT2D eigenvalue weighted by atomic mass is 32.2. The first-order valence-electron chi connectivity index (χ1n) is 7.40. The number of amides is 3. The molecule has 2 aromatic rings. The van der Waals surface area contributed by atoms with Crippen LogP contribution in [0.15, 0.2) is 23.4 Å². The fourth-order valence-corrected chi connectivity index (χ4v) is 2.59. The highest BCUT2D eigenvalue weighted by Gasteiger charge is 2.28. The lowest BCUT2D eigenvalue weighted by atomic mass is 10.2. The average Bonchev–Trinajstić information content (AvgIpc) is 3.06. The van der Waals surface area contributed by atoms with Crippen LogP contribution in [-0.2, 0) is 4.79 Å². The molecule has 0 fully saturated rings. The van der Waals surface area contributed by atoms with Crippen LogP contribution < -0.4 is 15.4 Å². The summed E-state index contributed by atoms with van der Waals surface area (Å²) in [5.74, 6) is -0.579. The van der Waals surface area contributed by atoms with Crippen molar-refractivity contribution in [3.63, 3.8) is 0 Å². The molecule has 0 aliphatic carbocycles. The summed E-state index contributed by atoms with van der Waals surface area (Å²) in [7, 11) is 1.48. The van der Waals surface area contributed by atoms with Crippen molar-refractivity contribution in [1.82, 2.24) is 30.8 Å². The lowest BCUT2D eigenvalue weighted by Gasteiger charge is -2.10. The smallest absolute Gasteiger partial charge is 0.405 e. The number of carbonyl (C=O) groups excluding carboxylic acids is 2. The number of carbonyl (C=O) groups is 2. The second kappa shape index (κ2) is 8.70. The van der Waals surface area contributed by atoms with E-state index in [0.717, 1.165) is 17.3 Å². The minimum atomic E-state index is -4.57. The fourth-order valence-electron chi connectivity index (χ4n) is 1.90. The molecule has 0 saturated carbocycles. The summed E-state index contributed by atoms with van der Waals surface area (Å²) in [5.41, 5.74) is 1.48. The molecule has 0 spiro atoms. The highest BCUT2D eigenvalue weighted by Crippen LogP contribution is 2.26. The Morgan fingerprint density at radius 3 is 2.74 bits per heavy atom. The molecule has 0 unspecified atom stereocenters. The van der Waals surface area contributed by atoms with Gasteiger partial charge >= 0.3 is 12.2 Å². The van der Waals surface area contributed by atoms with E-state index in [9.17, 15) is 22.8 Å². The molecule has 0 saturated heterocycles. The van der Waals surface area contributed by atoms with Crippen LogP contribution in [0.2, 0.25) is 0 Å².